The van der Waals surface area contributed by atoms with Gasteiger partial charge in [-0.05, 0) is 18.2 Å². The van der Waals surface area contributed by atoms with Crippen LogP contribution in [0.4, 0.5) is 0 Å². The Morgan fingerprint density at radius 2 is 2.21 bits per heavy atom. The van der Waals surface area contributed by atoms with E-state index in [1.807, 2.05) is 6.07 Å². The number of ether oxygens (including phenoxy) is 1. The summed E-state index contributed by atoms with van der Waals surface area (Å²) in [4.78, 5) is 11.0. The smallest absolute Gasteiger partial charge is 0.315 e. The van der Waals surface area contributed by atoms with Crippen LogP contribution in [0.25, 0.3) is 0 Å². The number of thioether (sulfide) groups is 1. The van der Waals surface area contributed by atoms with E-state index >= 15 is 0 Å². The van der Waals surface area contributed by atoms with Crippen molar-refractivity contribution in [3.63, 3.8) is 0 Å². The zero-order valence-electron chi connectivity index (χ0n) is 10.3. The summed E-state index contributed by atoms with van der Waals surface area (Å²) in [6.07, 6.45) is 0. The lowest BCUT2D eigenvalue weighted by molar-refractivity contribution is -0.137. The van der Waals surface area contributed by atoms with Gasteiger partial charge in [0.1, 0.15) is 0 Å². The summed E-state index contributed by atoms with van der Waals surface area (Å²) in [5.41, 5.74) is 0.309. The van der Waals surface area contributed by atoms with Gasteiger partial charge in [-0.25, -0.2) is 8.42 Å². The number of nitriles is 1. The van der Waals surface area contributed by atoms with Crippen molar-refractivity contribution in [2.24, 2.45) is 0 Å². The molecule has 0 unspecified atom stereocenters. The number of sulfone groups is 1. The third kappa shape index (κ3) is 4.93. The van der Waals surface area contributed by atoms with E-state index in [9.17, 15) is 13.2 Å². The Bertz CT molecular complexity index is 590. The van der Waals surface area contributed by atoms with Gasteiger partial charge in [-0.1, -0.05) is 6.07 Å². The molecule has 7 heteroatoms. The van der Waals surface area contributed by atoms with E-state index in [1.54, 1.807) is 6.07 Å². The Labute approximate surface area is 116 Å². The van der Waals surface area contributed by atoms with E-state index < -0.39 is 9.84 Å². The average molecular weight is 299 g/mol. The molecule has 0 spiro atoms. The first-order chi connectivity index (χ1) is 8.99. The van der Waals surface area contributed by atoms with Gasteiger partial charge in [0.15, 0.2) is 9.84 Å². The molecule has 0 atom stereocenters. The molecule has 102 valence electrons. The van der Waals surface area contributed by atoms with Gasteiger partial charge in [0, 0.05) is 5.75 Å². The van der Waals surface area contributed by atoms with Crippen molar-refractivity contribution in [2.45, 2.75) is 4.90 Å². The molecule has 0 saturated heterocycles. The van der Waals surface area contributed by atoms with Crippen molar-refractivity contribution < 1.29 is 17.9 Å². The zero-order chi connectivity index (χ0) is 14.3. The fraction of sp³-hybridized carbons (Fsp3) is 0.333. The fourth-order valence-corrected chi connectivity index (χ4v) is 3.87. The van der Waals surface area contributed by atoms with Gasteiger partial charge in [0.05, 0.1) is 35.1 Å². The molecule has 0 aromatic heterocycles. The minimum atomic E-state index is -3.42. The third-order valence-corrected chi connectivity index (χ3v) is 5.17. The minimum absolute atomic E-state index is 0.0798. The van der Waals surface area contributed by atoms with Crippen molar-refractivity contribution in [2.75, 3.05) is 24.4 Å². The van der Waals surface area contributed by atoms with Crippen LogP contribution < -0.4 is 0 Å². The molecule has 1 aromatic carbocycles. The molecule has 0 amide bonds. The number of benzene rings is 1. The van der Waals surface area contributed by atoms with E-state index in [2.05, 4.69) is 4.74 Å². The monoisotopic (exact) mass is 299 g/mol. The summed E-state index contributed by atoms with van der Waals surface area (Å²) in [5.74, 6) is -0.0315. The highest BCUT2D eigenvalue weighted by Gasteiger charge is 2.15. The maximum Gasteiger partial charge on any atom is 0.315 e. The number of hydrogen-bond acceptors (Lipinski definition) is 6. The second-order valence-corrected chi connectivity index (χ2v) is 6.80. The predicted molar refractivity (Wildman–Crippen MR) is 72.6 cm³/mol. The molecule has 0 fully saturated rings. The quantitative estimate of drug-likeness (QED) is 0.580. The summed E-state index contributed by atoms with van der Waals surface area (Å²) in [6.45, 7) is 0. The van der Waals surface area contributed by atoms with Crippen LogP contribution in [-0.4, -0.2) is 38.8 Å². The highest BCUT2D eigenvalue weighted by Crippen LogP contribution is 2.14. The number of nitrogens with zero attached hydrogens (tertiary/aromatic N) is 1. The molecular weight excluding hydrogens is 286 g/mol. The van der Waals surface area contributed by atoms with Gasteiger partial charge in [0.2, 0.25) is 0 Å². The van der Waals surface area contributed by atoms with Gasteiger partial charge in [-0.3, -0.25) is 4.79 Å². The summed E-state index contributed by atoms with van der Waals surface area (Å²) in [7, 11) is -2.14. The van der Waals surface area contributed by atoms with E-state index in [1.165, 1.54) is 37.1 Å². The van der Waals surface area contributed by atoms with Crippen LogP contribution in [-0.2, 0) is 19.4 Å². The Hall–Kier alpha value is -1.52. The first kappa shape index (κ1) is 15.5. The van der Waals surface area contributed by atoms with Gasteiger partial charge in [-0.2, -0.15) is 5.26 Å². The number of esters is 1. The Morgan fingerprint density at radius 1 is 1.47 bits per heavy atom. The normalized spacial score (nSPS) is 10.7. The van der Waals surface area contributed by atoms with Gasteiger partial charge in [-0.15, -0.1) is 11.8 Å². The summed E-state index contributed by atoms with van der Waals surface area (Å²) in [5, 5.41) is 8.73. The number of carbonyl (C=O) groups is 1. The number of methoxy groups -OCH3 is 1. The number of rotatable bonds is 6. The molecule has 0 aliphatic carbocycles. The second-order valence-electron chi connectivity index (χ2n) is 3.59. The largest absolute Gasteiger partial charge is 0.468 e. The molecule has 5 nitrogen and oxygen atoms in total. The first-order valence-electron chi connectivity index (χ1n) is 5.37. The van der Waals surface area contributed by atoms with E-state index in [-0.39, 0.29) is 22.4 Å². The van der Waals surface area contributed by atoms with Crippen molar-refractivity contribution in [1.29, 1.82) is 5.26 Å². The zero-order valence-corrected chi connectivity index (χ0v) is 12.0. The van der Waals surface area contributed by atoms with Gasteiger partial charge in [0.25, 0.3) is 0 Å². The van der Waals surface area contributed by atoms with Crippen LogP contribution in [0, 0.1) is 11.3 Å². The average Bonchev–Trinajstić information content (AvgIpc) is 2.43. The standard InChI is InChI=1S/C12H13NO4S2/c1-17-12(14)9-18-5-6-19(15,16)11-4-2-3-10(7-11)8-13/h2-4,7H,5-6,9H2,1H3. The highest BCUT2D eigenvalue weighted by atomic mass is 32.2. The lowest BCUT2D eigenvalue weighted by Crippen LogP contribution is -2.11. The van der Waals surface area contributed by atoms with Crippen LogP contribution in [0.2, 0.25) is 0 Å². The van der Waals surface area contributed by atoms with Gasteiger partial charge >= 0.3 is 5.97 Å². The maximum absolute atomic E-state index is 12.0. The molecule has 19 heavy (non-hydrogen) atoms. The number of hydrogen-bond donors (Lipinski definition) is 0. The first-order valence-corrected chi connectivity index (χ1v) is 8.18. The fourth-order valence-electron chi connectivity index (χ4n) is 1.26. The predicted octanol–water partition coefficient (Wildman–Crippen LogP) is 1.24. The molecule has 0 bridgehead atoms. The molecule has 0 heterocycles. The highest BCUT2D eigenvalue weighted by molar-refractivity contribution is 8.01. The van der Waals surface area contributed by atoms with Crippen molar-refractivity contribution in [3.8, 4) is 6.07 Å². The lowest BCUT2D eigenvalue weighted by Gasteiger charge is -2.04. The van der Waals surface area contributed by atoms with Crippen LogP contribution >= 0.6 is 11.8 Å². The molecule has 1 rings (SSSR count). The summed E-state index contributed by atoms with van der Waals surface area (Å²) >= 11 is 1.20. The SMILES string of the molecule is COC(=O)CSCCS(=O)(=O)c1cccc(C#N)c1. The Kier molecular flexibility index (Phi) is 5.86. The molecule has 0 aliphatic rings. The van der Waals surface area contributed by atoms with Crippen molar-refractivity contribution in [1.82, 2.24) is 0 Å². The van der Waals surface area contributed by atoms with E-state index in [0.29, 0.717) is 11.3 Å². The van der Waals surface area contributed by atoms with E-state index in [0.717, 1.165) is 0 Å². The Morgan fingerprint density at radius 3 is 2.84 bits per heavy atom. The molecule has 1 aromatic rings. The summed E-state index contributed by atoms with van der Waals surface area (Å²) < 4.78 is 28.4. The van der Waals surface area contributed by atoms with Crippen LogP contribution in [0.3, 0.4) is 0 Å². The number of carbonyl (C=O) groups excluding carboxylic acids is 1. The van der Waals surface area contributed by atoms with Crippen LogP contribution in [0.1, 0.15) is 5.56 Å². The molecular formula is C12H13NO4S2. The van der Waals surface area contributed by atoms with Crippen molar-refractivity contribution in [3.05, 3.63) is 29.8 Å². The maximum atomic E-state index is 12.0. The molecule has 0 aliphatic heterocycles. The lowest BCUT2D eigenvalue weighted by atomic mass is 10.2. The van der Waals surface area contributed by atoms with Crippen molar-refractivity contribution >= 4 is 27.6 Å². The molecule has 0 N–H and O–H groups in total. The van der Waals surface area contributed by atoms with Crippen LogP contribution in [0.15, 0.2) is 29.2 Å². The van der Waals surface area contributed by atoms with E-state index in [4.69, 9.17) is 5.26 Å². The summed E-state index contributed by atoms with van der Waals surface area (Å²) in [6, 6.07) is 7.79. The molecule has 0 saturated carbocycles. The minimum Gasteiger partial charge on any atom is -0.468 e. The Balaban J connectivity index is 2.61. The third-order valence-electron chi connectivity index (χ3n) is 2.27. The van der Waals surface area contributed by atoms with Gasteiger partial charge < -0.3 is 4.74 Å². The second kappa shape index (κ2) is 7.16. The van der Waals surface area contributed by atoms with Crippen LogP contribution in [0.5, 0.6) is 0 Å². The molecule has 0 radical (unpaired) electrons. The topological polar surface area (TPSA) is 84.2 Å².